The van der Waals surface area contributed by atoms with Crippen LogP contribution in [0.5, 0.6) is 11.5 Å². The molecule has 1 atom stereocenters. The third-order valence-corrected chi connectivity index (χ3v) is 6.79. The number of carbonyl (C=O) groups excluding carboxylic acids is 2. The number of H-pyrrole nitrogens is 1. The highest BCUT2D eigenvalue weighted by Gasteiger charge is 2.27. The maximum Gasteiger partial charge on any atom is 0.240 e. The van der Waals surface area contributed by atoms with Gasteiger partial charge in [0.1, 0.15) is 6.54 Å². The van der Waals surface area contributed by atoms with E-state index in [0.29, 0.717) is 16.5 Å². The second-order valence-electron chi connectivity index (χ2n) is 8.64. The quantitative estimate of drug-likeness (QED) is 0.568. The van der Waals surface area contributed by atoms with Crippen molar-refractivity contribution in [3.05, 3.63) is 63.9 Å². The molecule has 3 aromatic rings. The summed E-state index contributed by atoms with van der Waals surface area (Å²) in [5.41, 5.74) is 4.95. The molecule has 5 rings (SSSR count). The van der Waals surface area contributed by atoms with Crippen LogP contribution in [0.15, 0.2) is 36.5 Å². The summed E-state index contributed by atoms with van der Waals surface area (Å²) in [6.45, 7) is -0.0461. The van der Waals surface area contributed by atoms with Gasteiger partial charge < -0.3 is 24.7 Å². The van der Waals surface area contributed by atoms with Crippen LogP contribution in [-0.2, 0) is 22.4 Å². The van der Waals surface area contributed by atoms with Gasteiger partial charge in [0.15, 0.2) is 11.5 Å². The average Bonchev–Trinajstić information content (AvgIpc) is 3.13. The smallest absolute Gasteiger partial charge is 0.240 e. The van der Waals surface area contributed by atoms with E-state index in [1.165, 1.54) is 10.5 Å². The second-order valence-corrected chi connectivity index (χ2v) is 9.08. The maximum atomic E-state index is 13.0. The van der Waals surface area contributed by atoms with E-state index in [0.717, 1.165) is 47.0 Å². The van der Waals surface area contributed by atoms with Crippen LogP contribution in [0.1, 0.15) is 41.3 Å². The Kier molecular flexibility index (Phi) is 5.96. The number of hydrogen-bond donors (Lipinski definition) is 2. The van der Waals surface area contributed by atoms with Crippen molar-refractivity contribution < 1.29 is 19.1 Å². The van der Waals surface area contributed by atoms with Crippen molar-refractivity contribution in [3.8, 4) is 11.5 Å². The predicted molar refractivity (Wildman–Crippen MR) is 131 cm³/mol. The Hall–Kier alpha value is -3.45. The SMILES string of the molecule is COc1cc2c(cc1OC)CC(=O)N(CC(=O)N[C@H]1CCCc3c1[nH]c1ccc(Cl)cc31)C=C2. The largest absolute Gasteiger partial charge is 0.493 e. The fourth-order valence-electron chi connectivity index (χ4n) is 4.88. The van der Waals surface area contributed by atoms with Gasteiger partial charge in [0, 0.05) is 27.8 Å². The van der Waals surface area contributed by atoms with Crippen molar-refractivity contribution >= 4 is 40.4 Å². The summed E-state index contributed by atoms with van der Waals surface area (Å²) in [6.07, 6.45) is 6.42. The van der Waals surface area contributed by atoms with Gasteiger partial charge in [-0.05, 0) is 72.4 Å². The van der Waals surface area contributed by atoms with Crippen molar-refractivity contribution in [2.75, 3.05) is 20.8 Å². The van der Waals surface area contributed by atoms with Crippen LogP contribution in [-0.4, -0.2) is 42.5 Å². The van der Waals surface area contributed by atoms with Crippen LogP contribution in [0, 0.1) is 0 Å². The fraction of sp³-hybridized carbons (Fsp3) is 0.308. The van der Waals surface area contributed by atoms with Crippen molar-refractivity contribution in [1.29, 1.82) is 0 Å². The first kappa shape index (κ1) is 22.3. The molecule has 0 radical (unpaired) electrons. The number of aromatic amines is 1. The topological polar surface area (TPSA) is 83.7 Å². The minimum Gasteiger partial charge on any atom is -0.493 e. The highest BCUT2D eigenvalue weighted by molar-refractivity contribution is 6.31. The second kappa shape index (κ2) is 9.06. The number of methoxy groups -OCH3 is 2. The number of nitrogens with one attached hydrogen (secondary N) is 2. The number of aryl methyl sites for hydroxylation is 1. The summed E-state index contributed by atoms with van der Waals surface area (Å²) in [5, 5.41) is 4.93. The van der Waals surface area contributed by atoms with Gasteiger partial charge in [0.05, 0.1) is 26.7 Å². The molecule has 1 aliphatic heterocycles. The molecule has 8 heteroatoms. The minimum atomic E-state index is -0.200. The Balaban J connectivity index is 1.32. The zero-order valence-electron chi connectivity index (χ0n) is 19.1. The summed E-state index contributed by atoms with van der Waals surface area (Å²) < 4.78 is 10.7. The van der Waals surface area contributed by atoms with Gasteiger partial charge >= 0.3 is 0 Å². The molecule has 176 valence electrons. The van der Waals surface area contributed by atoms with Gasteiger partial charge in [-0.1, -0.05) is 11.6 Å². The third-order valence-electron chi connectivity index (χ3n) is 6.56. The van der Waals surface area contributed by atoms with Crippen molar-refractivity contribution in [2.24, 2.45) is 0 Å². The van der Waals surface area contributed by atoms with Crippen molar-refractivity contribution in [2.45, 2.75) is 31.7 Å². The standard InChI is InChI=1S/C26H26ClN3O4/c1-33-22-10-15-8-9-30(25(32)12-16(15)11-23(22)34-2)14-24(31)28-21-5-3-4-18-19-13-17(27)6-7-20(19)29-26(18)21/h6-11,13,21,29H,3-5,12,14H2,1-2H3,(H,28,31)/t21-/m0/s1. The van der Waals surface area contributed by atoms with E-state index in [1.807, 2.05) is 36.4 Å². The molecule has 2 aromatic carbocycles. The van der Waals surface area contributed by atoms with Crippen LogP contribution in [0.4, 0.5) is 0 Å². The van der Waals surface area contributed by atoms with E-state index in [9.17, 15) is 9.59 Å². The number of hydrogen-bond acceptors (Lipinski definition) is 4. The number of nitrogens with zero attached hydrogens (tertiary/aromatic N) is 1. The van der Waals surface area contributed by atoms with Crippen LogP contribution >= 0.6 is 11.6 Å². The molecule has 34 heavy (non-hydrogen) atoms. The van der Waals surface area contributed by atoms with Gasteiger partial charge in [-0.25, -0.2) is 0 Å². The summed E-state index contributed by atoms with van der Waals surface area (Å²) in [7, 11) is 3.14. The van der Waals surface area contributed by atoms with Gasteiger partial charge in [-0.2, -0.15) is 0 Å². The number of ether oxygens (including phenoxy) is 2. The monoisotopic (exact) mass is 479 g/mol. The van der Waals surface area contributed by atoms with Crippen LogP contribution in [0.2, 0.25) is 5.02 Å². The molecule has 7 nitrogen and oxygen atoms in total. The molecule has 0 saturated carbocycles. The number of amides is 2. The molecule has 0 spiro atoms. The van der Waals surface area contributed by atoms with E-state index in [1.54, 1.807) is 20.4 Å². The molecule has 2 aliphatic rings. The van der Waals surface area contributed by atoms with E-state index in [-0.39, 0.29) is 30.8 Å². The van der Waals surface area contributed by atoms with Crippen LogP contribution in [0.3, 0.4) is 0 Å². The molecule has 1 aromatic heterocycles. The average molecular weight is 480 g/mol. The third kappa shape index (κ3) is 4.12. The van der Waals surface area contributed by atoms with Gasteiger partial charge in [-0.15, -0.1) is 0 Å². The molecule has 0 saturated heterocycles. The number of carbonyl (C=O) groups is 2. The van der Waals surface area contributed by atoms with E-state index >= 15 is 0 Å². The highest BCUT2D eigenvalue weighted by atomic mass is 35.5. The summed E-state index contributed by atoms with van der Waals surface area (Å²) in [4.78, 5) is 30.8. The number of fused-ring (bicyclic) bond motifs is 4. The minimum absolute atomic E-state index is 0.0461. The van der Waals surface area contributed by atoms with E-state index in [4.69, 9.17) is 21.1 Å². The molecule has 2 N–H and O–H groups in total. The maximum absolute atomic E-state index is 13.0. The molecule has 0 bridgehead atoms. The normalized spacial score (nSPS) is 17.2. The van der Waals surface area contributed by atoms with Gasteiger partial charge in [0.2, 0.25) is 11.8 Å². The highest BCUT2D eigenvalue weighted by Crippen LogP contribution is 2.36. The molecule has 1 aliphatic carbocycles. The molecular weight excluding hydrogens is 454 g/mol. The Bertz CT molecular complexity index is 1310. The van der Waals surface area contributed by atoms with Gasteiger partial charge in [-0.3, -0.25) is 9.59 Å². The Morgan fingerprint density at radius 1 is 1.21 bits per heavy atom. The molecule has 2 heterocycles. The summed E-state index contributed by atoms with van der Waals surface area (Å²) in [5.74, 6) is 0.814. The zero-order chi connectivity index (χ0) is 23.8. The Morgan fingerprint density at radius 2 is 2.00 bits per heavy atom. The molecule has 0 fully saturated rings. The molecule has 2 amide bonds. The molecule has 0 unspecified atom stereocenters. The number of aromatic nitrogens is 1. The first-order valence-electron chi connectivity index (χ1n) is 11.3. The molecular formula is C26H26ClN3O4. The Morgan fingerprint density at radius 3 is 2.79 bits per heavy atom. The van der Waals surface area contributed by atoms with E-state index < -0.39 is 0 Å². The van der Waals surface area contributed by atoms with Crippen molar-refractivity contribution in [3.63, 3.8) is 0 Å². The first-order chi connectivity index (χ1) is 16.5. The fourth-order valence-corrected chi connectivity index (χ4v) is 5.05. The summed E-state index contributed by atoms with van der Waals surface area (Å²) in [6, 6.07) is 9.33. The number of halogens is 1. The zero-order valence-corrected chi connectivity index (χ0v) is 19.9. The van der Waals surface area contributed by atoms with E-state index in [2.05, 4.69) is 10.3 Å². The first-order valence-corrected chi connectivity index (χ1v) is 11.7. The van der Waals surface area contributed by atoms with Crippen LogP contribution < -0.4 is 14.8 Å². The number of rotatable bonds is 5. The lowest BCUT2D eigenvalue weighted by Gasteiger charge is -2.25. The van der Waals surface area contributed by atoms with Gasteiger partial charge in [0.25, 0.3) is 0 Å². The summed E-state index contributed by atoms with van der Waals surface area (Å²) >= 11 is 6.20. The lowest BCUT2D eigenvalue weighted by molar-refractivity contribution is -0.133. The lowest BCUT2D eigenvalue weighted by Crippen LogP contribution is -2.40. The van der Waals surface area contributed by atoms with Crippen molar-refractivity contribution in [1.82, 2.24) is 15.2 Å². The Labute approximate surface area is 202 Å². The lowest BCUT2D eigenvalue weighted by atomic mass is 9.91. The van der Waals surface area contributed by atoms with Crippen LogP contribution in [0.25, 0.3) is 17.0 Å². The number of benzene rings is 2. The predicted octanol–water partition coefficient (Wildman–Crippen LogP) is 4.39.